The minimum absolute atomic E-state index is 0.0159. The molecule has 2 N–H and O–H groups in total. The molecule has 2 saturated heterocycles. The highest BCUT2D eigenvalue weighted by molar-refractivity contribution is 7.89. The van der Waals surface area contributed by atoms with Crippen molar-refractivity contribution in [3.63, 3.8) is 0 Å². The summed E-state index contributed by atoms with van der Waals surface area (Å²) in [5.41, 5.74) is 1.69. The van der Waals surface area contributed by atoms with Gasteiger partial charge in [-0.3, -0.25) is 4.79 Å². The van der Waals surface area contributed by atoms with Crippen molar-refractivity contribution in [2.24, 2.45) is 5.14 Å². The lowest BCUT2D eigenvalue weighted by Gasteiger charge is -2.49. The van der Waals surface area contributed by atoms with Crippen LogP contribution in [0.3, 0.4) is 0 Å². The molecule has 8 heteroatoms. The van der Waals surface area contributed by atoms with E-state index in [2.05, 4.69) is 4.90 Å². The van der Waals surface area contributed by atoms with Crippen molar-refractivity contribution in [1.29, 1.82) is 0 Å². The first-order valence-corrected chi connectivity index (χ1v) is 12.2. The number of carbonyl (C=O) groups is 1. The SMILES string of the molecule is CC1OC2(CCN(CCc3ccc(S(N)(=O)=O)cc3)CC2)CN(c2ccccc2)C1=O. The lowest BCUT2D eigenvalue weighted by molar-refractivity contribution is -0.161. The van der Waals surface area contributed by atoms with E-state index in [1.165, 1.54) is 0 Å². The van der Waals surface area contributed by atoms with Gasteiger partial charge in [0.25, 0.3) is 5.91 Å². The average Bonchev–Trinajstić information content (AvgIpc) is 2.76. The van der Waals surface area contributed by atoms with Crippen molar-refractivity contribution in [1.82, 2.24) is 4.90 Å². The molecule has 0 aromatic heterocycles. The molecule has 1 spiro atoms. The highest BCUT2D eigenvalue weighted by Crippen LogP contribution is 2.35. The molecule has 0 aliphatic carbocycles. The maximum absolute atomic E-state index is 12.7. The number of benzene rings is 2. The molecule has 0 radical (unpaired) electrons. The van der Waals surface area contributed by atoms with E-state index in [9.17, 15) is 13.2 Å². The quantitative estimate of drug-likeness (QED) is 0.765. The highest BCUT2D eigenvalue weighted by atomic mass is 32.2. The fourth-order valence-corrected chi connectivity index (χ4v) is 4.98. The topological polar surface area (TPSA) is 92.9 Å². The van der Waals surface area contributed by atoms with E-state index in [0.717, 1.165) is 50.1 Å². The van der Waals surface area contributed by atoms with E-state index < -0.39 is 16.1 Å². The van der Waals surface area contributed by atoms with Crippen molar-refractivity contribution in [3.8, 4) is 0 Å². The Kier molecular flexibility index (Phi) is 6.16. The molecule has 2 aliphatic heterocycles. The second-order valence-corrected chi connectivity index (χ2v) is 10.0. The fourth-order valence-electron chi connectivity index (χ4n) is 4.47. The number of primary sulfonamides is 1. The Balaban J connectivity index is 1.35. The van der Waals surface area contributed by atoms with Crippen molar-refractivity contribution >= 4 is 21.6 Å². The number of nitrogens with two attached hydrogens (primary N) is 1. The zero-order valence-corrected chi connectivity index (χ0v) is 18.6. The number of nitrogens with zero attached hydrogens (tertiary/aromatic N) is 2. The van der Waals surface area contributed by atoms with Crippen LogP contribution in [-0.2, 0) is 26.0 Å². The first-order valence-electron chi connectivity index (χ1n) is 10.6. The number of piperidine rings is 1. The van der Waals surface area contributed by atoms with E-state index in [1.807, 2.05) is 54.3 Å². The van der Waals surface area contributed by atoms with E-state index in [-0.39, 0.29) is 16.4 Å². The molecule has 1 unspecified atom stereocenters. The Morgan fingerprint density at radius 3 is 2.32 bits per heavy atom. The van der Waals surface area contributed by atoms with Crippen LogP contribution >= 0.6 is 0 Å². The van der Waals surface area contributed by atoms with Gasteiger partial charge < -0.3 is 14.5 Å². The van der Waals surface area contributed by atoms with Gasteiger partial charge in [-0.1, -0.05) is 30.3 Å². The maximum Gasteiger partial charge on any atom is 0.255 e. The Hall–Kier alpha value is -2.26. The van der Waals surface area contributed by atoms with Crippen molar-refractivity contribution in [2.45, 2.75) is 42.8 Å². The second-order valence-electron chi connectivity index (χ2n) is 8.48. The first-order chi connectivity index (χ1) is 14.8. The number of likely N-dealkylation sites (tertiary alicyclic amines) is 1. The molecule has 4 rings (SSSR count). The minimum atomic E-state index is -3.66. The summed E-state index contributed by atoms with van der Waals surface area (Å²) >= 11 is 0. The zero-order valence-electron chi connectivity index (χ0n) is 17.7. The number of morpholine rings is 1. The first kappa shape index (κ1) is 22.0. The number of hydrogen-bond acceptors (Lipinski definition) is 5. The van der Waals surface area contributed by atoms with Crippen LogP contribution in [0.2, 0.25) is 0 Å². The fraction of sp³-hybridized carbons (Fsp3) is 0.435. The Labute approximate surface area is 183 Å². The van der Waals surface area contributed by atoms with E-state index >= 15 is 0 Å². The van der Waals surface area contributed by atoms with Crippen LogP contribution < -0.4 is 10.0 Å². The maximum atomic E-state index is 12.7. The molecule has 0 saturated carbocycles. The smallest absolute Gasteiger partial charge is 0.255 e. The third kappa shape index (κ3) is 4.98. The van der Waals surface area contributed by atoms with Crippen molar-refractivity contribution in [3.05, 3.63) is 60.2 Å². The van der Waals surface area contributed by atoms with Crippen LogP contribution in [-0.4, -0.2) is 57.1 Å². The zero-order chi connectivity index (χ0) is 22.1. The molecule has 166 valence electrons. The lowest BCUT2D eigenvalue weighted by atomic mass is 9.88. The monoisotopic (exact) mass is 443 g/mol. The predicted molar refractivity (Wildman–Crippen MR) is 119 cm³/mol. The van der Waals surface area contributed by atoms with Gasteiger partial charge in [-0.15, -0.1) is 0 Å². The van der Waals surface area contributed by atoms with Gasteiger partial charge in [0.15, 0.2) is 0 Å². The van der Waals surface area contributed by atoms with Gasteiger partial charge in [0.2, 0.25) is 10.0 Å². The lowest BCUT2D eigenvalue weighted by Crippen LogP contribution is -2.61. The summed E-state index contributed by atoms with van der Waals surface area (Å²) in [6, 6.07) is 16.6. The number of sulfonamides is 1. The summed E-state index contributed by atoms with van der Waals surface area (Å²) in [5.74, 6) is 0.0159. The van der Waals surface area contributed by atoms with Gasteiger partial charge in [0.05, 0.1) is 17.0 Å². The van der Waals surface area contributed by atoms with Gasteiger partial charge in [-0.05, 0) is 56.0 Å². The molecule has 1 atom stereocenters. The van der Waals surface area contributed by atoms with Crippen LogP contribution in [0.4, 0.5) is 5.69 Å². The normalized spacial score (nSPS) is 22.1. The molecule has 2 heterocycles. The number of ether oxygens (including phenoxy) is 1. The van der Waals surface area contributed by atoms with Gasteiger partial charge in [-0.25, -0.2) is 13.6 Å². The summed E-state index contributed by atoms with van der Waals surface area (Å²) in [7, 11) is -3.66. The number of carbonyl (C=O) groups excluding carboxylic acids is 1. The van der Waals surface area contributed by atoms with E-state index in [1.54, 1.807) is 12.1 Å². The molecule has 2 fully saturated rings. The average molecular weight is 444 g/mol. The molecule has 2 aromatic rings. The van der Waals surface area contributed by atoms with Gasteiger partial charge in [-0.2, -0.15) is 0 Å². The number of anilines is 1. The van der Waals surface area contributed by atoms with Crippen LogP contribution in [0.25, 0.3) is 0 Å². The summed E-state index contributed by atoms with van der Waals surface area (Å²) in [5, 5.41) is 5.16. The third-order valence-electron chi connectivity index (χ3n) is 6.29. The third-order valence-corrected chi connectivity index (χ3v) is 7.22. The van der Waals surface area contributed by atoms with Gasteiger partial charge >= 0.3 is 0 Å². The van der Waals surface area contributed by atoms with Gasteiger partial charge in [0, 0.05) is 25.3 Å². The highest BCUT2D eigenvalue weighted by Gasteiger charge is 2.45. The standard InChI is InChI=1S/C23H29N3O4S/c1-18-22(27)26(20-5-3-2-4-6-20)17-23(30-18)12-15-25(16-13-23)14-11-19-7-9-21(10-8-19)31(24,28)29/h2-10,18H,11-17H2,1H3,(H2,24,28,29). The molecule has 31 heavy (non-hydrogen) atoms. The van der Waals surface area contributed by atoms with Crippen LogP contribution in [0, 0.1) is 0 Å². The van der Waals surface area contributed by atoms with E-state index in [0.29, 0.717) is 6.54 Å². The molecular formula is C23H29N3O4S. The summed E-state index contributed by atoms with van der Waals surface area (Å²) < 4.78 is 29.0. The molecule has 1 amide bonds. The van der Waals surface area contributed by atoms with Crippen molar-refractivity contribution < 1.29 is 17.9 Å². The van der Waals surface area contributed by atoms with E-state index in [4.69, 9.17) is 9.88 Å². The second kappa shape index (κ2) is 8.70. The Morgan fingerprint density at radius 2 is 1.71 bits per heavy atom. The minimum Gasteiger partial charge on any atom is -0.360 e. The number of para-hydroxylation sites is 1. The molecule has 7 nitrogen and oxygen atoms in total. The molecule has 2 aliphatic rings. The summed E-state index contributed by atoms with van der Waals surface area (Å²) in [6.45, 7) is 5.12. The van der Waals surface area contributed by atoms with Crippen LogP contribution in [0.5, 0.6) is 0 Å². The summed E-state index contributed by atoms with van der Waals surface area (Å²) in [6.07, 6.45) is 2.14. The number of rotatable bonds is 5. The molecule has 2 aromatic carbocycles. The van der Waals surface area contributed by atoms with Crippen LogP contribution in [0.15, 0.2) is 59.5 Å². The Morgan fingerprint density at radius 1 is 1.06 bits per heavy atom. The Bertz CT molecular complexity index is 1020. The molecule has 0 bridgehead atoms. The largest absolute Gasteiger partial charge is 0.360 e. The molecular weight excluding hydrogens is 414 g/mol. The van der Waals surface area contributed by atoms with Gasteiger partial charge in [0.1, 0.15) is 6.10 Å². The number of hydrogen-bond donors (Lipinski definition) is 1. The number of amides is 1. The predicted octanol–water partition coefficient (Wildman–Crippen LogP) is 2.16. The van der Waals surface area contributed by atoms with Crippen molar-refractivity contribution in [2.75, 3.05) is 31.1 Å². The van der Waals surface area contributed by atoms with Crippen LogP contribution in [0.1, 0.15) is 25.3 Å². The summed E-state index contributed by atoms with van der Waals surface area (Å²) in [4.78, 5) is 17.1.